The van der Waals surface area contributed by atoms with Crippen molar-refractivity contribution < 1.29 is 4.79 Å². The van der Waals surface area contributed by atoms with Crippen LogP contribution in [-0.4, -0.2) is 39.5 Å². The number of amidine groups is 1. The molecule has 1 heterocycles. The minimum Gasteiger partial charge on any atom is -0.327 e. The van der Waals surface area contributed by atoms with Crippen LogP contribution in [0, 0.1) is 17.8 Å². The van der Waals surface area contributed by atoms with E-state index < -0.39 is 0 Å². The molecule has 1 saturated heterocycles. The summed E-state index contributed by atoms with van der Waals surface area (Å²) in [6.45, 7) is 8.35. The van der Waals surface area contributed by atoms with Gasteiger partial charge < -0.3 is 4.90 Å². The van der Waals surface area contributed by atoms with Gasteiger partial charge in [0.05, 0.1) is 5.54 Å². The van der Waals surface area contributed by atoms with Crippen molar-refractivity contribution in [3.05, 3.63) is 29.8 Å². The number of carbonyl (C=O) groups is 1. The van der Waals surface area contributed by atoms with E-state index in [1.54, 1.807) is 6.92 Å². The van der Waals surface area contributed by atoms with E-state index in [0.29, 0.717) is 6.04 Å². The van der Waals surface area contributed by atoms with Crippen LogP contribution in [0.3, 0.4) is 0 Å². The first-order valence-electron chi connectivity index (χ1n) is 12.3. The van der Waals surface area contributed by atoms with Crippen molar-refractivity contribution in [2.45, 2.75) is 90.4 Å². The molecule has 1 amide bonds. The molecule has 1 atom stereocenters. The highest BCUT2D eigenvalue weighted by Gasteiger charge is 2.52. The van der Waals surface area contributed by atoms with Gasteiger partial charge in [0, 0.05) is 24.4 Å². The fraction of sp³-hybridized carbons (Fsp3) is 0.692. The molecule has 168 valence electrons. The van der Waals surface area contributed by atoms with Crippen molar-refractivity contribution in [3.63, 3.8) is 0 Å². The topological polar surface area (TPSA) is 35.9 Å². The summed E-state index contributed by atoms with van der Waals surface area (Å²) in [6.07, 6.45) is 9.23. The molecule has 5 aliphatic rings. The largest absolute Gasteiger partial charge is 0.327 e. The second kappa shape index (κ2) is 8.13. The van der Waals surface area contributed by atoms with Gasteiger partial charge >= 0.3 is 0 Å². The Labute approximate surface area is 191 Å². The molecule has 5 fully saturated rings. The highest BCUT2D eigenvalue weighted by atomic mass is 32.2. The summed E-state index contributed by atoms with van der Waals surface area (Å²) in [4.78, 5) is 22.8. The van der Waals surface area contributed by atoms with E-state index in [2.05, 4.69) is 49.9 Å². The summed E-state index contributed by atoms with van der Waals surface area (Å²) in [5, 5.41) is 1.18. The zero-order valence-electron chi connectivity index (χ0n) is 19.5. The van der Waals surface area contributed by atoms with Gasteiger partial charge in [-0.25, -0.2) is 0 Å². The molecule has 4 aliphatic carbocycles. The number of hydrogen-bond donors (Lipinski definition) is 0. The smallest absolute Gasteiger partial charge is 0.225 e. The molecule has 5 heteroatoms. The van der Waals surface area contributed by atoms with E-state index in [-0.39, 0.29) is 17.6 Å². The summed E-state index contributed by atoms with van der Waals surface area (Å²) in [7, 11) is 0. The monoisotopic (exact) mass is 439 g/mol. The number of hydrogen-bond acceptors (Lipinski definition) is 3. The highest BCUT2D eigenvalue weighted by molar-refractivity contribution is 8.14. The minimum absolute atomic E-state index is 0.0302. The van der Waals surface area contributed by atoms with Crippen molar-refractivity contribution in [1.82, 2.24) is 4.90 Å². The van der Waals surface area contributed by atoms with Crippen molar-refractivity contribution in [3.8, 4) is 0 Å². The van der Waals surface area contributed by atoms with Gasteiger partial charge in [0.25, 0.3) is 0 Å². The van der Waals surface area contributed by atoms with Crippen LogP contribution in [0.15, 0.2) is 29.3 Å². The average Bonchev–Trinajstić information content (AvgIpc) is 3.09. The first-order chi connectivity index (χ1) is 14.9. The predicted molar refractivity (Wildman–Crippen MR) is 131 cm³/mol. The number of anilines is 1. The molecule has 0 radical (unpaired) electrons. The Bertz CT molecular complexity index is 827. The van der Waals surface area contributed by atoms with Crippen LogP contribution in [0.25, 0.3) is 0 Å². The number of aryl methyl sites for hydroxylation is 1. The Balaban J connectivity index is 1.45. The Morgan fingerprint density at radius 3 is 2.19 bits per heavy atom. The average molecular weight is 440 g/mol. The molecule has 4 saturated carbocycles. The van der Waals surface area contributed by atoms with E-state index in [0.717, 1.165) is 35.6 Å². The van der Waals surface area contributed by atoms with Crippen LogP contribution in [0.1, 0.15) is 71.8 Å². The maximum Gasteiger partial charge on any atom is 0.225 e. The van der Waals surface area contributed by atoms with Gasteiger partial charge in [-0.15, -0.1) is 0 Å². The van der Waals surface area contributed by atoms with Gasteiger partial charge in [-0.05, 0) is 94.2 Å². The third-order valence-corrected chi connectivity index (χ3v) is 9.08. The van der Waals surface area contributed by atoms with Gasteiger partial charge in [-0.2, -0.15) is 0 Å². The third-order valence-electron chi connectivity index (χ3n) is 8.06. The number of benzene rings is 1. The lowest BCUT2D eigenvalue weighted by atomic mass is 9.53. The normalized spacial score (nSPS) is 35.4. The summed E-state index contributed by atoms with van der Waals surface area (Å²) in [6, 6.07) is 8.83. The molecule has 4 bridgehead atoms. The van der Waals surface area contributed by atoms with Crippen LogP contribution in [0.4, 0.5) is 5.69 Å². The summed E-state index contributed by atoms with van der Waals surface area (Å²) >= 11 is 1.87. The van der Waals surface area contributed by atoms with Crippen molar-refractivity contribution in [2.24, 2.45) is 22.7 Å². The molecule has 0 aromatic heterocycles. The van der Waals surface area contributed by atoms with E-state index in [9.17, 15) is 4.79 Å². The minimum atomic E-state index is 0.0302. The molecule has 1 aliphatic heterocycles. The molecular weight excluding hydrogens is 402 g/mol. The van der Waals surface area contributed by atoms with E-state index in [1.165, 1.54) is 49.3 Å². The molecule has 0 spiro atoms. The van der Waals surface area contributed by atoms with Gasteiger partial charge in [0.15, 0.2) is 5.17 Å². The standard InChI is InChI=1S/C26H37N3OS/c1-5-19-6-8-23(9-7-19)29(18(4)30)24-16-31-25(28(24)17(2)3)27-26-13-20-10-21(14-26)12-22(11-20)15-26/h6-9,17,20-22,24H,5,10-16H2,1-4H3. The Hall–Kier alpha value is -1.49. The summed E-state index contributed by atoms with van der Waals surface area (Å²) in [5.74, 6) is 3.69. The SMILES string of the molecule is CCc1ccc(N(C(C)=O)C2CSC(=NC34CC5CC(CC(C5)C3)C4)N2C(C)C)cc1. The summed E-state index contributed by atoms with van der Waals surface area (Å²) in [5.41, 5.74) is 2.47. The Kier molecular flexibility index (Phi) is 5.60. The van der Waals surface area contributed by atoms with Gasteiger partial charge in [-0.3, -0.25) is 14.7 Å². The third kappa shape index (κ3) is 3.92. The van der Waals surface area contributed by atoms with Crippen molar-refractivity contribution in [2.75, 3.05) is 10.7 Å². The van der Waals surface area contributed by atoms with E-state index >= 15 is 0 Å². The first kappa shape index (κ1) is 21.4. The summed E-state index contributed by atoms with van der Waals surface area (Å²) < 4.78 is 0. The molecule has 1 unspecified atom stereocenters. The van der Waals surface area contributed by atoms with Crippen LogP contribution < -0.4 is 4.90 Å². The Morgan fingerprint density at radius 2 is 1.71 bits per heavy atom. The highest BCUT2D eigenvalue weighted by Crippen LogP contribution is 2.57. The number of aliphatic imine (C=N–C) groups is 1. The van der Waals surface area contributed by atoms with Crippen molar-refractivity contribution in [1.29, 1.82) is 0 Å². The maximum atomic E-state index is 12.8. The molecule has 4 nitrogen and oxygen atoms in total. The lowest BCUT2D eigenvalue weighted by molar-refractivity contribution is -0.117. The van der Waals surface area contributed by atoms with E-state index in [4.69, 9.17) is 4.99 Å². The van der Waals surface area contributed by atoms with Gasteiger partial charge in [0.2, 0.25) is 5.91 Å². The molecular formula is C26H37N3OS. The number of thioether (sulfide) groups is 1. The molecule has 0 N–H and O–H groups in total. The quantitative estimate of drug-likeness (QED) is 0.589. The maximum absolute atomic E-state index is 12.8. The fourth-order valence-corrected chi connectivity index (χ4v) is 8.49. The number of nitrogens with zero attached hydrogens (tertiary/aromatic N) is 3. The first-order valence-corrected chi connectivity index (χ1v) is 13.3. The molecule has 31 heavy (non-hydrogen) atoms. The van der Waals surface area contributed by atoms with Crippen LogP contribution in [0.2, 0.25) is 0 Å². The van der Waals surface area contributed by atoms with Crippen molar-refractivity contribution >= 4 is 28.5 Å². The second-order valence-electron chi connectivity index (χ2n) is 10.7. The van der Waals surface area contributed by atoms with Crippen LogP contribution in [-0.2, 0) is 11.2 Å². The fourth-order valence-electron chi connectivity index (χ4n) is 7.15. The van der Waals surface area contributed by atoms with E-state index in [1.807, 2.05) is 16.7 Å². The zero-order valence-corrected chi connectivity index (χ0v) is 20.3. The van der Waals surface area contributed by atoms with Gasteiger partial charge in [0.1, 0.15) is 6.17 Å². The molecule has 6 rings (SSSR count). The molecule has 1 aromatic carbocycles. The van der Waals surface area contributed by atoms with Crippen LogP contribution >= 0.6 is 11.8 Å². The Morgan fingerprint density at radius 1 is 1.13 bits per heavy atom. The lowest BCUT2D eigenvalue weighted by Gasteiger charge is -2.55. The second-order valence-corrected chi connectivity index (χ2v) is 11.7. The van der Waals surface area contributed by atoms with Crippen LogP contribution in [0.5, 0.6) is 0 Å². The number of rotatable bonds is 5. The number of carbonyl (C=O) groups excluding carboxylic acids is 1. The molecule has 1 aromatic rings. The zero-order chi connectivity index (χ0) is 21.8. The lowest BCUT2D eigenvalue weighted by Crippen LogP contribution is -2.54. The predicted octanol–water partition coefficient (Wildman–Crippen LogP) is 5.71. The van der Waals surface area contributed by atoms with Gasteiger partial charge in [-0.1, -0.05) is 30.8 Å². The number of amides is 1.